The molecular formula is C22H24N2O6. The maximum atomic E-state index is 13.2. The third kappa shape index (κ3) is 4.33. The fourth-order valence-corrected chi connectivity index (χ4v) is 3.44. The maximum Gasteiger partial charge on any atom is 0.264 e. The van der Waals surface area contributed by atoms with Crippen LogP contribution in [0.15, 0.2) is 40.8 Å². The Morgan fingerprint density at radius 3 is 2.57 bits per heavy atom. The quantitative estimate of drug-likeness (QED) is 0.322. The van der Waals surface area contributed by atoms with Gasteiger partial charge < -0.3 is 14.6 Å². The summed E-state index contributed by atoms with van der Waals surface area (Å²) in [7, 11) is 3.11. The molecule has 30 heavy (non-hydrogen) atoms. The summed E-state index contributed by atoms with van der Waals surface area (Å²) >= 11 is 0. The first-order valence-corrected chi connectivity index (χ1v) is 9.71. The standard InChI is InChI=1S/C22H24N2O6/c1-29-11-5-10-24-21(14-6-3-7-15(12-14)30-2)23-13-16(22(24)28)20(27)19-17(25)8-4-9-18(19)26/h3,6-7,12-13,27H,4-5,8-11H2,1-2H3. The van der Waals surface area contributed by atoms with Crippen LogP contribution in [0.1, 0.15) is 31.2 Å². The second-order valence-corrected chi connectivity index (χ2v) is 6.95. The molecule has 3 rings (SSSR count). The first kappa shape index (κ1) is 21.4. The zero-order chi connectivity index (χ0) is 21.7. The minimum atomic E-state index is -0.597. The van der Waals surface area contributed by atoms with Crippen LogP contribution in [0.2, 0.25) is 0 Å². The summed E-state index contributed by atoms with van der Waals surface area (Å²) in [6.07, 6.45) is 2.53. The highest BCUT2D eigenvalue weighted by atomic mass is 16.5. The van der Waals surface area contributed by atoms with Gasteiger partial charge in [-0.2, -0.15) is 0 Å². The first-order chi connectivity index (χ1) is 14.5. The lowest BCUT2D eigenvalue weighted by atomic mass is 9.90. The summed E-state index contributed by atoms with van der Waals surface area (Å²) in [5.41, 5.74) is -0.349. The van der Waals surface area contributed by atoms with Crippen LogP contribution in [-0.2, 0) is 20.9 Å². The van der Waals surface area contributed by atoms with Crippen LogP contribution < -0.4 is 10.3 Å². The van der Waals surface area contributed by atoms with Gasteiger partial charge in [0.05, 0.1) is 7.11 Å². The minimum Gasteiger partial charge on any atom is -0.506 e. The van der Waals surface area contributed by atoms with Crippen LogP contribution in [0.3, 0.4) is 0 Å². The summed E-state index contributed by atoms with van der Waals surface area (Å²) in [5.74, 6) is -0.507. The Bertz CT molecular complexity index is 1040. The van der Waals surface area contributed by atoms with Crippen molar-refractivity contribution in [3.8, 4) is 17.1 Å². The molecule has 2 aromatic rings. The van der Waals surface area contributed by atoms with Crippen molar-refractivity contribution in [1.29, 1.82) is 0 Å². The molecule has 1 fully saturated rings. The zero-order valence-corrected chi connectivity index (χ0v) is 17.0. The first-order valence-electron chi connectivity index (χ1n) is 9.71. The van der Waals surface area contributed by atoms with Crippen molar-refractivity contribution in [3.63, 3.8) is 0 Å². The Hall–Kier alpha value is -3.26. The van der Waals surface area contributed by atoms with Gasteiger partial charge in [0.1, 0.15) is 28.5 Å². The van der Waals surface area contributed by atoms with E-state index in [1.165, 1.54) is 10.8 Å². The molecule has 0 unspecified atom stereocenters. The molecule has 0 spiro atoms. The number of carbonyl (C=O) groups excluding carboxylic acids is 2. The average Bonchev–Trinajstić information content (AvgIpc) is 2.74. The van der Waals surface area contributed by atoms with E-state index >= 15 is 0 Å². The largest absolute Gasteiger partial charge is 0.506 e. The highest BCUT2D eigenvalue weighted by molar-refractivity contribution is 6.25. The number of aliphatic hydroxyl groups excluding tert-OH is 1. The van der Waals surface area contributed by atoms with E-state index in [-0.39, 0.29) is 30.5 Å². The van der Waals surface area contributed by atoms with Crippen molar-refractivity contribution < 1.29 is 24.2 Å². The molecule has 0 bridgehead atoms. The Kier molecular flexibility index (Phi) is 6.79. The second kappa shape index (κ2) is 9.49. The third-order valence-electron chi connectivity index (χ3n) is 4.96. The summed E-state index contributed by atoms with van der Waals surface area (Å²) in [6.45, 7) is 0.711. The van der Waals surface area contributed by atoms with Crippen molar-refractivity contribution in [1.82, 2.24) is 9.55 Å². The SMILES string of the molecule is COCCCn1c(-c2cccc(OC)c2)ncc(C(O)=C2C(=O)CCCC2=O)c1=O. The molecule has 1 aliphatic carbocycles. The lowest BCUT2D eigenvalue weighted by Crippen LogP contribution is -2.28. The monoisotopic (exact) mass is 412 g/mol. The molecule has 0 aliphatic heterocycles. The highest BCUT2D eigenvalue weighted by Gasteiger charge is 2.29. The van der Waals surface area contributed by atoms with Gasteiger partial charge in [0, 0.05) is 44.9 Å². The summed E-state index contributed by atoms with van der Waals surface area (Å²) in [4.78, 5) is 42.0. The zero-order valence-electron chi connectivity index (χ0n) is 17.0. The van der Waals surface area contributed by atoms with Crippen LogP contribution in [0.25, 0.3) is 17.1 Å². The van der Waals surface area contributed by atoms with Gasteiger partial charge in [-0.3, -0.25) is 19.0 Å². The predicted molar refractivity (Wildman–Crippen MR) is 110 cm³/mol. The topological polar surface area (TPSA) is 108 Å². The van der Waals surface area contributed by atoms with E-state index in [0.717, 1.165) is 0 Å². The number of ketones is 2. The molecule has 8 nitrogen and oxygen atoms in total. The second-order valence-electron chi connectivity index (χ2n) is 6.95. The van der Waals surface area contributed by atoms with Crippen LogP contribution in [0.4, 0.5) is 0 Å². The van der Waals surface area contributed by atoms with E-state index in [1.807, 2.05) is 0 Å². The van der Waals surface area contributed by atoms with Crippen LogP contribution in [0, 0.1) is 0 Å². The van der Waals surface area contributed by atoms with Gasteiger partial charge in [0.2, 0.25) is 0 Å². The lowest BCUT2D eigenvalue weighted by Gasteiger charge is -2.16. The molecule has 1 heterocycles. The molecule has 0 saturated heterocycles. The Morgan fingerprint density at radius 2 is 1.90 bits per heavy atom. The van der Waals surface area contributed by atoms with Gasteiger partial charge in [0.15, 0.2) is 11.6 Å². The molecule has 1 N–H and O–H groups in total. The summed E-state index contributed by atoms with van der Waals surface area (Å²) in [6, 6.07) is 7.11. The van der Waals surface area contributed by atoms with Gasteiger partial charge in [-0.1, -0.05) is 12.1 Å². The number of Topliss-reactive ketones (excluding diaryl/α,β-unsaturated/α-hetero) is 2. The number of ether oxygens (including phenoxy) is 2. The van der Waals surface area contributed by atoms with Crippen molar-refractivity contribution >= 4 is 17.3 Å². The van der Waals surface area contributed by atoms with E-state index in [1.54, 1.807) is 38.5 Å². The van der Waals surface area contributed by atoms with E-state index in [0.29, 0.717) is 36.6 Å². The van der Waals surface area contributed by atoms with Gasteiger partial charge >= 0.3 is 0 Å². The number of allylic oxidation sites excluding steroid dienone is 1. The number of aliphatic hydroxyl groups is 1. The van der Waals surface area contributed by atoms with Gasteiger partial charge in [-0.05, 0) is 25.0 Å². The highest BCUT2D eigenvalue weighted by Crippen LogP contribution is 2.25. The van der Waals surface area contributed by atoms with Crippen molar-refractivity contribution in [3.05, 3.63) is 52.0 Å². The van der Waals surface area contributed by atoms with Gasteiger partial charge in [0.25, 0.3) is 5.56 Å². The van der Waals surface area contributed by atoms with Crippen molar-refractivity contribution in [2.24, 2.45) is 0 Å². The molecule has 0 atom stereocenters. The normalized spacial score (nSPS) is 14.1. The number of benzene rings is 1. The Labute approximate surface area is 173 Å². The van der Waals surface area contributed by atoms with Crippen LogP contribution >= 0.6 is 0 Å². The minimum absolute atomic E-state index is 0.169. The summed E-state index contributed by atoms with van der Waals surface area (Å²) < 4.78 is 11.7. The molecule has 0 radical (unpaired) electrons. The van der Waals surface area contributed by atoms with Crippen LogP contribution in [0.5, 0.6) is 5.75 Å². The van der Waals surface area contributed by atoms with Gasteiger partial charge in [-0.15, -0.1) is 0 Å². The fraction of sp³-hybridized carbons (Fsp3) is 0.364. The van der Waals surface area contributed by atoms with Crippen molar-refractivity contribution in [2.45, 2.75) is 32.2 Å². The molecule has 1 saturated carbocycles. The molecule has 0 amide bonds. The third-order valence-corrected chi connectivity index (χ3v) is 4.96. The number of hydrogen-bond donors (Lipinski definition) is 1. The molecule has 1 aromatic heterocycles. The van der Waals surface area contributed by atoms with Crippen molar-refractivity contribution in [2.75, 3.05) is 20.8 Å². The molecular weight excluding hydrogens is 388 g/mol. The average molecular weight is 412 g/mol. The summed E-state index contributed by atoms with van der Waals surface area (Å²) in [5, 5.41) is 10.6. The molecule has 1 aromatic carbocycles. The predicted octanol–water partition coefficient (Wildman–Crippen LogP) is 2.55. The molecule has 1 aliphatic rings. The number of aromatic nitrogens is 2. The molecule has 8 heteroatoms. The van der Waals surface area contributed by atoms with E-state index in [4.69, 9.17) is 9.47 Å². The number of carbonyl (C=O) groups is 2. The Balaban J connectivity index is 2.15. The number of hydrogen-bond acceptors (Lipinski definition) is 7. The van der Waals surface area contributed by atoms with Gasteiger partial charge in [-0.25, -0.2) is 4.98 Å². The smallest absolute Gasteiger partial charge is 0.264 e. The fourth-order valence-electron chi connectivity index (χ4n) is 3.44. The molecule has 158 valence electrons. The number of methoxy groups -OCH3 is 2. The number of nitrogens with zero attached hydrogens (tertiary/aromatic N) is 2. The van der Waals surface area contributed by atoms with E-state index in [9.17, 15) is 19.5 Å². The van der Waals surface area contributed by atoms with E-state index in [2.05, 4.69) is 4.98 Å². The maximum absolute atomic E-state index is 13.2. The number of rotatable bonds is 7. The Morgan fingerprint density at radius 1 is 1.17 bits per heavy atom. The van der Waals surface area contributed by atoms with E-state index < -0.39 is 22.9 Å². The van der Waals surface area contributed by atoms with Crippen LogP contribution in [-0.4, -0.2) is 47.1 Å². The lowest BCUT2D eigenvalue weighted by molar-refractivity contribution is -0.123.